The van der Waals surface area contributed by atoms with Gasteiger partial charge in [0.15, 0.2) is 0 Å². The second kappa shape index (κ2) is 6.53. The molecular weight excluding hydrogens is 352 g/mol. The van der Waals surface area contributed by atoms with Gasteiger partial charge >= 0.3 is 0 Å². The summed E-state index contributed by atoms with van der Waals surface area (Å²) in [5.74, 6) is 0.517. The van der Waals surface area contributed by atoms with Crippen molar-refractivity contribution in [2.24, 2.45) is 0 Å². The number of rotatable bonds is 4. The molecule has 1 atom stereocenters. The molecule has 0 spiro atoms. The predicted molar refractivity (Wildman–Crippen MR) is 85.6 cm³/mol. The molecule has 0 bridgehead atoms. The normalized spacial score (nSPS) is 12.4. The van der Waals surface area contributed by atoms with E-state index in [1.54, 1.807) is 0 Å². The Balaban J connectivity index is 2.23. The molecule has 94 valence electrons. The fourth-order valence-electron chi connectivity index (χ4n) is 2.13. The Labute approximate surface area is 126 Å². The van der Waals surface area contributed by atoms with Gasteiger partial charge in [0.1, 0.15) is 0 Å². The first kappa shape index (κ1) is 13.8. The third-order valence-corrected chi connectivity index (χ3v) is 4.51. The summed E-state index contributed by atoms with van der Waals surface area (Å²) < 4.78 is 1.15. The molecule has 0 nitrogen and oxygen atoms in total. The molecule has 0 aliphatic heterocycles. The number of benzene rings is 2. The van der Waals surface area contributed by atoms with Crippen LogP contribution in [-0.2, 0) is 6.42 Å². The van der Waals surface area contributed by atoms with E-state index in [-0.39, 0.29) is 0 Å². The molecule has 0 radical (unpaired) electrons. The minimum atomic E-state index is 0.517. The van der Waals surface area contributed by atoms with E-state index in [9.17, 15) is 0 Å². The lowest BCUT2D eigenvalue weighted by atomic mass is 9.92. The molecule has 0 fully saturated rings. The van der Waals surface area contributed by atoms with Crippen molar-refractivity contribution in [3.8, 4) is 0 Å². The zero-order valence-electron chi connectivity index (χ0n) is 10.4. The van der Waals surface area contributed by atoms with Crippen molar-refractivity contribution in [2.75, 3.05) is 5.33 Å². The molecule has 0 heterocycles. The second-order valence-corrected chi connectivity index (χ2v) is 6.10. The Hall–Kier alpha value is -0.600. The summed E-state index contributed by atoms with van der Waals surface area (Å²) in [6, 6.07) is 17.2. The quantitative estimate of drug-likeness (QED) is 0.627. The first-order valence-electron chi connectivity index (χ1n) is 6.06. The SMILES string of the molecule is Cc1ccccc1CC(CBr)c1cccc(Br)c1. The highest BCUT2D eigenvalue weighted by atomic mass is 79.9. The molecular formula is C16H16Br2. The van der Waals surface area contributed by atoms with Crippen LogP contribution in [0.15, 0.2) is 53.0 Å². The van der Waals surface area contributed by atoms with Crippen LogP contribution in [0.5, 0.6) is 0 Å². The molecule has 0 aliphatic carbocycles. The van der Waals surface area contributed by atoms with Crippen LogP contribution in [0.25, 0.3) is 0 Å². The maximum absolute atomic E-state index is 3.64. The van der Waals surface area contributed by atoms with Gasteiger partial charge in [-0.2, -0.15) is 0 Å². The number of hydrogen-bond donors (Lipinski definition) is 0. The zero-order chi connectivity index (χ0) is 13.0. The van der Waals surface area contributed by atoms with Crippen LogP contribution in [-0.4, -0.2) is 5.33 Å². The Morgan fingerprint density at radius 2 is 1.83 bits per heavy atom. The van der Waals surface area contributed by atoms with Crippen LogP contribution in [0.4, 0.5) is 0 Å². The predicted octanol–water partition coefficient (Wildman–Crippen LogP) is 5.48. The van der Waals surface area contributed by atoms with Gasteiger partial charge in [0.05, 0.1) is 0 Å². The molecule has 1 unspecified atom stereocenters. The summed E-state index contributed by atoms with van der Waals surface area (Å²) in [5, 5.41) is 0.984. The number of halogens is 2. The van der Waals surface area contributed by atoms with Gasteiger partial charge in [0, 0.05) is 9.80 Å². The Bertz CT molecular complexity index is 520. The van der Waals surface area contributed by atoms with Crippen LogP contribution in [0.2, 0.25) is 0 Å². The van der Waals surface area contributed by atoms with E-state index in [2.05, 4.69) is 87.3 Å². The van der Waals surface area contributed by atoms with Crippen molar-refractivity contribution in [2.45, 2.75) is 19.3 Å². The third kappa shape index (κ3) is 3.46. The third-order valence-electron chi connectivity index (χ3n) is 3.23. The number of hydrogen-bond acceptors (Lipinski definition) is 0. The molecule has 2 rings (SSSR count). The summed E-state index contributed by atoms with van der Waals surface area (Å²) in [5.41, 5.74) is 4.19. The minimum Gasteiger partial charge on any atom is -0.0921 e. The van der Waals surface area contributed by atoms with Gasteiger partial charge in [-0.25, -0.2) is 0 Å². The molecule has 0 N–H and O–H groups in total. The van der Waals surface area contributed by atoms with Crippen LogP contribution in [0, 0.1) is 6.92 Å². The van der Waals surface area contributed by atoms with E-state index in [0.29, 0.717) is 5.92 Å². The Morgan fingerprint density at radius 1 is 1.06 bits per heavy atom. The average Bonchev–Trinajstić information content (AvgIpc) is 2.38. The highest BCUT2D eigenvalue weighted by molar-refractivity contribution is 9.10. The van der Waals surface area contributed by atoms with Crippen molar-refractivity contribution in [1.82, 2.24) is 0 Å². The van der Waals surface area contributed by atoms with Gasteiger partial charge in [-0.3, -0.25) is 0 Å². The highest BCUT2D eigenvalue weighted by Gasteiger charge is 2.12. The molecule has 2 heteroatoms. The standard InChI is InChI=1S/C16H16Br2/c1-12-5-2-3-6-13(12)9-15(11-17)14-7-4-8-16(18)10-14/h2-8,10,15H,9,11H2,1H3. The first-order chi connectivity index (χ1) is 8.70. The molecule has 2 aromatic carbocycles. The Kier molecular flexibility index (Phi) is 5.02. The number of alkyl halides is 1. The van der Waals surface area contributed by atoms with Crippen LogP contribution < -0.4 is 0 Å². The van der Waals surface area contributed by atoms with Crippen molar-refractivity contribution in [3.05, 3.63) is 69.7 Å². The smallest absolute Gasteiger partial charge is 0.0178 e. The van der Waals surface area contributed by atoms with Crippen molar-refractivity contribution < 1.29 is 0 Å². The van der Waals surface area contributed by atoms with Crippen LogP contribution >= 0.6 is 31.9 Å². The zero-order valence-corrected chi connectivity index (χ0v) is 13.5. The maximum atomic E-state index is 3.64. The number of aryl methyl sites for hydroxylation is 1. The van der Waals surface area contributed by atoms with Gasteiger partial charge in [-0.15, -0.1) is 0 Å². The lowest BCUT2D eigenvalue weighted by Gasteiger charge is -2.16. The minimum absolute atomic E-state index is 0.517. The van der Waals surface area contributed by atoms with E-state index in [1.807, 2.05) is 0 Å². The largest absolute Gasteiger partial charge is 0.0921 e. The topological polar surface area (TPSA) is 0 Å². The second-order valence-electron chi connectivity index (χ2n) is 4.54. The summed E-state index contributed by atoms with van der Waals surface area (Å²) in [7, 11) is 0. The fraction of sp³-hybridized carbons (Fsp3) is 0.250. The van der Waals surface area contributed by atoms with E-state index < -0.39 is 0 Å². The molecule has 0 amide bonds. The van der Waals surface area contributed by atoms with Gasteiger partial charge in [0.2, 0.25) is 0 Å². The van der Waals surface area contributed by atoms with E-state index >= 15 is 0 Å². The van der Waals surface area contributed by atoms with Gasteiger partial charge in [-0.05, 0) is 48.1 Å². The van der Waals surface area contributed by atoms with Gasteiger partial charge < -0.3 is 0 Å². The Morgan fingerprint density at radius 3 is 2.50 bits per heavy atom. The van der Waals surface area contributed by atoms with Crippen molar-refractivity contribution in [1.29, 1.82) is 0 Å². The first-order valence-corrected chi connectivity index (χ1v) is 7.98. The lowest BCUT2D eigenvalue weighted by molar-refractivity contribution is 0.771. The van der Waals surface area contributed by atoms with Crippen molar-refractivity contribution in [3.63, 3.8) is 0 Å². The van der Waals surface area contributed by atoms with E-state index in [0.717, 1.165) is 16.2 Å². The molecule has 18 heavy (non-hydrogen) atoms. The van der Waals surface area contributed by atoms with E-state index in [1.165, 1.54) is 16.7 Å². The summed E-state index contributed by atoms with van der Waals surface area (Å²) in [6.45, 7) is 2.18. The van der Waals surface area contributed by atoms with Crippen molar-refractivity contribution >= 4 is 31.9 Å². The molecule has 0 saturated carbocycles. The summed E-state index contributed by atoms with van der Waals surface area (Å²) in [6.07, 6.45) is 1.08. The lowest BCUT2D eigenvalue weighted by Crippen LogP contribution is -2.05. The van der Waals surface area contributed by atoms with Crippen LogP contribution in [0.1, 0.15) is 22.6 Å². The maximum Gasteiger partial charge on any atom is 0.0178 e. The monoisotopic (exact) mass is 366 g/mol. The molecule has 0 aliphatic rings. The molecule has 0 saturated heterocycles. The van der Waals surface area contributed by atoms with Crippen LogP contribution in [0.3, 0.4) is 0 Å². The van der Waals surface area contributed by atoms with Gasteiger partial charge in [-0.1, -0.05) is 68.3 Å². The molecule has 2 aromatic rings. The molecule has 0 aromatic heterocycles. The highest BCUT2D eigenvalue weighted by Crippen LogP contribution is 2.26. The van der Waals surface area contributed by atoms with E-state index in [4.69, 9.17) is 0 Å². The van der Waals surface area contributed by atoms with Gasteiger partial charge in [0.25, 0.3) is 0 Å². The summed E-state index contributed by atoms with van der Waals surface area (Å²) in [4.78, 5) is 0. The average molecular weight is 368 g/mol. The summed E-state index contributed by atoms with van der Waals surface area (Å²) >= 11 is 7.19. The fourth-order valence-corrected chi connectivity index (χ4v) is 3.15.